The molecular weight excluding hydrogens is 476 g/mol. The van der Waals surface area contributed by atoms with Crippen LogP contribution in [-0.2, 0) is 21.4 Å². The highest BCUT2D eigenvalue weighted by Crippen LogP contribution is 2.21. The summed E-state index contributed by atoms with van der Waals surface area (Å²) < 4.78 is 41.4. The SMILES string of the molecule is O=C(CN(Cc1ccccc1F)S(=O)(=O)c1ccc(Cl)cc1)N/N=C\c1ccccc1Cl. The Balaban J connectivity index is 1.82. The molecule has 0 bridgehead atoms. The molecule has 3 aromatic rings. The highest BCUT2D eigenvalue weighted by Gasteiger charge is 2.27. The molecule has 1 amide bonds. The Morgan fingerprint density at radius 2 is 1.66 bits per heavy atom. The van der Waals surface area contributed by atoms with Crippen molar-refractivity contribution in [3.05, 3.63) is 99.8 Å². The summed E-state index contributed by atoms with van der Waals surface area (Å²) in [7, 11) is -4.14. The molecule has 0 unspecified atom stereocenters. The van der Waals surface area contributed by atoms with Gasteiger partial charge in [-0.3, -0.25) is 4.79 Å². The maximum Gasteiger partial charge on any atom is 0.255 e. The van der Waals surface area contributed by atoms with Gasteiger partial charge in [0, 0.05) is 27.7 Å². The molecule has 0 saturated carbocycles. The summed E-state index contributed by atoms with van der Waals surface area (Å²) in [4.78, 5) is 12.4. The Kier molecular flexibility index (Phi) is 7.98. The summed E-state index contributed by atoms with van der Waals surface area (Å²) in [5.41, 5.74) is 2.97. The van der Waals surface area contributed by atoms with E-state index in [9.17, 15) is 17.6 Å². The van der Waals surface area contributed by atoms with Crippen molar-refractivity contribution < 1.29 is 17.6 Å². The highest BCUT2D eigenvalue weighted by atomic mass is 35.5. The number of carbonyl (C=O) groups excluding carboxylic acids is 1. The highest BCUT2D eigenvalue weighted by molar-refractivity contribution is 7.89. The second-order valence-electron chi connectivity index (χ2n) is 6.63. The smallest absolute Gasteiger partial charge is 0.255 e. The molecule has 0 aliphatic heterocycles. The molecule has 0 aliphatic rings. The zero-order valence-corrected chi connectivity index (χ0v) is 18.9. The van der Waals surface area contributed by atoms with Crippen LogP contribution in [0.3, 0.4) is 0 Å². The van der Waals surface area contributed by atoms with Crippen LogP contribution in [0.15, 0.2) is 82.8 Å². The van der Waals surface area contributed by atoms with E-state index in [1.807, 2.05) is 0 Å². The lowest BCUT2D eigenvalue weighted by Gasteiger charge is -2.21. The number of sulfonamides is 1. The number of carbonyl (C=O) groups is 1. The number of hydrazone groups is 1. The summed E-state index contributed by atoms with van der Waals surface area (Å²) in [6.07, 6.45) is 1.34. The molecule has 0 saturated heterocycles. The summed E-state index contributed by atoms with van der Waals surface area (Å²) in [5, 5.41) is 4.62. The zero-order valence-electron chi connectivity index (χ0n) is 16.6. The molecular formula is C22H18Cl2FN3O3S. The number of rotatable bonds is 8. The van der Waals surface area contributed by atoms with Gasteiger partial charge in [0.2, 0.25) is 10.0 Å². The fourth-order valence-electron chi connectivity index (χ4n) is 2.75. The minimum Gasteiger partial charge on any atom is -0.272 e. The van der Waals surface area contributed by atoms with E-state index >= 15 is 0 Å². The van der Waals surface area contributed by atoms with Crippen molar-refractivity contribution >= 4 is 45.3 Å². The van der Waals surface area contributed by atoms with Crippen molar-refractivity contribution in [2.45, 2.75) is 11.4 Å². The average Bonchev–Trinajstić information content (AvgIpc) is 2.76. The fourth-order valence-corrected chi connectivity index (χ4v) is 4.43. The first-order valence-corrected chi connectivity index (χ1v) is 11.5. The molecule has 0 fully saturated rings. The van der Waals surface area contributed by atoms with Gasteiger partial charge in [0.25, 0.3) is 5.91 Å². The van der Waals surface area contributed by atoms with Crippen LogP contribution in [-0.4, -0.2) is 31.4 Å². The van der Waals surface area contributed by atoms with Crippen LogP contribution in [0.25, 0.3) is 0 Å². The monoisotopic (exact) mass is 493 g/mol. The third kappa shape index (κ3) is 6.14. The van der Waals surface area contributed by atoms with Crippen molar-refractivity contribution in [3.63, 3.8) is 0 Å². The second-order valence-corrected chi connectivity index (χ2v) is 9.41. The van der Waals surface area contributed by atoms with Crippen molar-refractivity contribution in [1.29, 1.82) is 0 Å². The van der Waals surface area contributed by atoms with Crippen LogP contribution in [0.4, 0.5) is 4.39 Å². The zero-order chi connectivity index (χ0) is 23.1. The van der Waals surface area contributed by atoms with Gasteiger partial charge in [-0.05, 0) is 36.4 Å². The summed E-state index contributed by atoms with van der Waals surface area (Å²) in [6.45, 7) is -0.932. The molecule has 10 heteroatoms. The maximum absolute atomic E-state index is 14.2. The van der Waals surface area contributed by atoms with Crippen LogP contribution in [0.5, 0.6) is 0 Å². The molecule has 0 spiro atoms. The molecule has 32 heavy (non-hydrogen) atoms. The van der Waals surface area contributed by atoms with Gasteiger partial charge < -0.3 is 0 Å². The molecule has 3 aromatic carbocycles. The molecule has 0 atom stereocenters. The van der Waals surface area contributed by atoms with E-state index in [4.69, 9.17) is 23.2 Å². The number of nitrogens with zero attached hydrogens (tertiary/aromatic N) is 2. The minimum atomic E-state index is -4.14. The Bertz CT molecular complexity index is 1240. The van der Waals surface area contributed by atoms with Gasteiger partial charge in [0.1, 0.15) is 5.82 Å². The number of halogens is 3. The normalized spacial score (nSPS) is 11.8. The summed E-state index contributed by atoms with van der Waals surface area (Å²) in [6, 6.07) is 18.1. The minimum absolute atomic E-state index is 0.0781. The van der Waals surface area contributed by atoms with Gasteiger partial charge in [-0.1, -0.05) is 59.6 Å². The summed E-state index contributed by atoms with van der Waals surface area (Å²) >= 11 is 11.9. The standard InChI is InChI=1S/C22H18Cl2FN3O3S/c23-18-9-11-19(12-10-18)32(30,31)28(14-17-6-2-4-8-21(17)25)15-22(29)27-26-13-16-5-1-3-7-20(16)24/h1-13H,14-15H2,(H,27,29)/b26-13-. The lowest BCUT2D eigenvalue weighted by molar-refractivity contribution is -0.121. The molecule has 0 heterocycles. The number of hydrogen-bond acceptors (Lipinski definition) is 4. The van der Waals surface area contributed by atoms with Crippen LogP contribution in [0.1, 0.15) is 11.1 Å². The van der Waals surface area contributed by atoms with Gasteiger partial charge in [0.15, 0.2) is 0 Å². The van der Waals surface area contributed by atoms with Gasteiger partial charge in [-0.25, -0.2) is 18.2 Å². The Morgan fingerprint density at radius 3 is 2.34 bits per heavy atom. The maximum atomic E-state index is 14.2. The number of benzene rings is 3. The van der Waals surface area contributed by atoms with E-state index in [2.05, 4.69) is 10.5 Å². The van der Waals surface area contributed by atoms with Gasteiger partial charge in [0.05, 0.1) is 17.7 Å². The first-order chi connectivity index (χ1) is 15.3. The molecule has 1 N–H and O–H groups in total. The third-order valence-electron chi connectivity index (χ3n) is 4.37. The summed E-state index contributed by atoms with van der Waals surface area (Å²) in [5.74, 6) is -1.29. The lowest BCUT2D eigenvalue weighted by Crippen LogP contribution is -2.39. The second kappa shape index (κ2) is 10.7. The van der Waals surface area contributed by atoms with E-state index in [1.165, 1.54) is 48.7 Å². The third-order valence-corrected chi connectivity index (χ3v) is 6.78. The van der Waals surface area contributed by atoms with Gasteiger partial charge in [-0.2, -0.15) is 9.41 Å². The number of nitrogens with one attached hydrogen (secondary N) is 1. The first-order valence-electron chi connectivity index (χ1n) is 9.33. The molecule has 0 aliphatic carbocycles. The largest absolute Gasteiger partial charge is 0.272 e. The quantitative estimate of drug-likeness (QED) is 0.371. The van der Waals surface area contributed by atoms with Crippen molar-refractivity contribution in [2.24, 2.45) is 5.10 Å². The van der Waals surface area contributed by atoms with Crippen molar-refractivity contribution in [1.82, 2.24) is 9.73 Å². The molecule has 0 aromatic heterocycles. The fraction of sp³-hybridized carbons (Fsp3) is 0.0909. The topological polar surface area (TPSA) is 78.8 Å². The Morgan fingerprint density at radius 1 is 1.00 bits per heavy atom. The van der Waals surface area contributed by atoms with Gasteiger partial charge in [-0.15, -0.1) is 0 Å². The van der Waals surface area contributed by atoms with Crippen molar-refractivity contribution in [3.8, 4) is 0 Å². The molecule has 0 radical (unpaired) electrons. The van der Waals surface area contributed by atoms with Gasteiger partial charge >= 0.3 is 0 Å². The van der Waals surface area contributed by atoms with E-state index in [1.54, 1.807) is 30.3 Å². The Labute approximate surface area is 195 Å². The number of hydrogen-bond donors (Lipinski definition) is 1. The Hall–Kier alpha value is -2.78. The number of amides is 1. The van der Waals surface area contributed by atoms with Crippen molar-refractivity contribution in [2.75, 3.05) is 6.54 Å². The predicted octanol–water partition coefficient (Wildman–Crippen LogP) is 4.47. The molecule has 3 rings (SSSR count). The van der Waals surface area contributed by atoms with Crippen LogP contribution < -0.4 is 5.43 Å². The van der Waals surface area contributed by atoms with E-state index < -0.39 is 28.3 Å². The van der Waals surface area contributed by atoms with Crippen LogP contribution in [0, 0.1) is 5.82 Å². The predicted molar refractivity (Wildman–Crippen MR) is 123 cm³/mol. The van der Waals surface area contributed by atoms with Crippen LogP contribution in [0.2, 0.25) is 10.0 Å². The van der Waals surface area contributed by atoms with E-state index in [0.717, 1.165) is 4.31 Å². The van der Waals surface area contributed by atoms with Crippen LogP contribution >= 0.6 is 23.2 Å². The average molecular weight is 494 g/mol. The molecule has 6 nitrogen and oxygen atoms in total. The lowest BCUT2D eigenvalue weighted by atomic mass is 10.2. The molecule has 166 valence electrons. The first kappa shape index (κ1) is 23.9. The van der Waals surface area contributed by atoms with E-state index in [0.29, 0.717) is 15.6 Å². The van der Waals surface area contributed by atoms with E-state index in [-0.39, 0.29) is 17.0 Å².